The van der Waals surface area contributed by atoms with Gasteiger partial charge in [0.25, 0.3) is 0 Å². The molecule has 1 atom stereocenters. The van der Waals surface area contributed by atoms with E-state index < -0.39 is 0 Å². The molecule has 2 aromatic rings. The quantitative estimate of drug-likeness (QED) is 0.532. The van der Waals surface area contributed by atoms with Crippen LogP contribution in [-0.4, -0.2) is 0 Å². The normalized spacial score (nSPS) is 12.2. The maximum atomic E-state index is 3.55. The molecule has 0 amide bonds. The van der Waals surface area contributed by atoms with Crippen molar-refractivity contribution in [2.24, 2.45) is 0 Å². The molecular weight excluding hydrogens is 469 g/mol. The Labute approximate surface area is 138 Å². The van der Waals surface area contributed by atoms with E-state index in [-0.39, 0.29) is 6.04 Å². The third-order valence-electron chi connectivity index (χ3n) is 2.65. The predicted molar refractivity (Wildman–Crippen MR) is 93.0 cm³/mol. The van der Waals surface area contributed by atoms with Gasteiger partial charge in [-0.3, -0.25) is 0 Å². The van der Waals surface area contributed by atoms with Crippen molar-refractivity contribution in [3.63, 3.8) is 0 Å². The average molecular weight is 481 g/mol. The molecule has 0 aliphatic carbocycles. The molecule has 0 fully saturated rings. The Balaban J connectivity index is 2.16. The lowest BCUT2D eigenvalue weighted by Crippen LogP contribution is -2.06. The minimum atomic E-state index is 0.273. The van der Waals surface area contributed by atoms with Gasteiger partial charge >= 0.3 is 0 Å². The number of hydrogen-bond acceptors (Lipinski definition) is 1. The van der Waals surface area contributed by atoms with Crippen LogP contribution in [0.5, 0.6) is 0 Å². The van der Waals surface area contributed by atoms with E-state index >= 15 is 0 Å². The third-order valence-corrected chi connectivity index (χ3v) is 5.48. The maximum Gasteiger partial charge on any atom is 0.0486 e. The molecule has 0 saturated heterocycles. The maximum absolute atomic E-state index is 3.55. The highest BCUT2D eigenvalue weighted by Gasteiger charge is 2.06. The van der Waals surface area contributed by atoms with Crippen LogP contribution in [0.25, 0.3) is 0 Å². The molecule has 94 valence electrons. The summed E-state index contributed by atoms with van der Waals surface area (Å²) >= 11 is 9.36. The zero-order valence-corrected chi connectivity index (χ0v) is 15.1. The van der Waals surface area contributed by atoms with Crippen LogP contribution >= 0.6 is 54.5 Å². The molecule has 0 bridgehead atoms. The minimum absolute atomic E-state index is 0.273. The lowest BCUT2D eigenvalue weighted by atomic mass is 10.1. The van der Waals surface area contributed by atoms with Crippen LogP contribution < -0.4 is 5.32 Å². The average Bonchev–Trinajstić information content (AvgIpc) is 2.34. The van der Waals surface area contributed by atoms with Crippen LogP contribution in [0.3, 0.4) is 0 Å². The van der Waals surface area contributed by atoms with Crippen molar-refractivity contribution < 1.29 is 0 Å². The molecule has 0 saturated carbocycles. The summed E-state index contributed by atoms with van der Waals surface area (Å²) < 4.78 is 3.44. The highest BCUT2D eigenvalue weighted by Crippen LogP contribution is 2.26. The van der Waals surface area contributed by atoms with E-state index in [4.69, 9.17) is 0 Å². The first kappa shape index (κ1) is 14.3. The highest BCUT2D eigenvalue weighted by molar-refractivity contribution is 14.1. The molecule has 0 aliphatic rings. The lowest BCUT2D eigenvalue weighted by Gasteiger charge is -2.16. The molecule has 4 heteroatoms. The van der Waals surface area contributed by atoms with Crippen molar-refractivity contribution in [2.45, 2.75) is 13.0 Å². The van der Waals surface area contributed by atoms with Gasteiger partial charge in [0.05, 0.1) is 0 Å². The van der Waals surface area contributed by atoms with Gasteiger partial charge in [-0.15, -0.1) is 0 Å². The Morgan fingerprint density at radius 3 is 2.56 bits per heavy atom. The van der Waals surface area contributed by atoms with Crippen molar-refractivity contribution in [3.05, 3.63) is 60.5 Å². The first-order valence-electron chi connectivity index (χ1n) is 5.53. The monoisotopic (exact) mass is 479 g/mol. The fourth-order valence-electron chi connectivity index (χ4n) is 1.70. The predicted octanol–water partition coefficient (Wildman–Crippen LogP) is 5.99. The first-order chi connectivity index (χ1) is 8.56. The molecule has 1 N–H and O–H groups in total. The summed E-state index contributed by atoms with van der Waals surface area (Å²) in [5, 5.41) is 3.50. The molecule has 1 nitrogen and oxygen atoms in total. The van der Waals surface area contributed by atoms with E-state index in [9.17, 15) is 0 Å². The molecule has 0 aliphatic heterocycles. The standard InChI is InChI=1S/C14H12Br2IN/c1-9(10-3-2-4-11(15)7-10)18-12-5-6-14(17)13(16)8-12/h2-9,18H,1H3. The number of nitrogens with one attached hydrogen (secondary N) is 1. The second-order valence-corrected chi connectivity index (χ2v) is 6.98. The Morgan fingerprint density at radius 1 is 1.11 bits per heavy atom. The molecule has 0 radical (unpaired) electrons. The summed E-state index contributed by atoms with van der Waals surface area (Å²) in [4.78, 5) is 0. The van der Waals surface area contributed by atoms with Crippen molar-refractivity contribution in [2.75, 3.05) is 5.32 Å². The van der Waals surface area contributed by atoms with Crippen molar-refractivity contribution in [3.8, 4) is 0 Å². The van der Waals surface area contributed by atoms with E-state index in [0.29, 0.717) is 0 Å². The summed E-state index contributed by atoms with van der Waals surface area (Å²) in [5.74, 6) is 0. The fraction of sp³-hybridized carbons (Fsp3) is 0.143. The third kappa shape index (κ3) is 3.71. The zero-order valence-electron chi connectivity index (χ0n) is 9.75. The van der Waals surface area contributed by atoms with Gasteiger partial charge in [0.1, 0.15) is 0 Å². The molecular formula is C14H12Br2IN. The SMILES string of the molecule is CC(Nc1ccc(I)c(Br)c1)c1cccc(Br)c1. The summed E-state index contributed by atoms with van der Waals surface area (Å²) in [6, 6.07) is 14.9. The fourth-order valence-corrected chi connectivity index (χ4v) is 2.83. The van der Waals surface area contributed by atoms with E-state index in [1.807, 2.05) is 6.07 Å². The molecule has 2 aromatic carbocycles. The van der Waals surface area contributed by atoms with Gasteiger partial charge in [-0.25, -0.2) is 0 Å². The van der Waals surface area contributed by atoms with Crippen LogP contribution in [-0.2, 0) is 0 Å². The second kappa shape index (κ2) is 6.39. The van der Waals surface area contributed by atoms with Gasteiger partial charge in [-0.1, -0.05) is 28.1 Å². The van der Waals surface area contributed by atoms with Crippen LogP contribution in [0, 0.1) is 3.57 Å². The highest BCUT2D eigenvalue weighted by atomic mass is 127. The number of anilines is 1. The van der Waals surface area contributed by atoms with Crippen LogP contribution in [0.4, 0.5) is 5.69 Å². The molecule has 0 spiro atoms. The van der Waals surface area contributed by atoms with Crippen LogP contribution in [0.2, 0.25) is 0 Å². The Bertz CT molecular complexity index is 557. The summed E-state index contributed by atoms with van der Waals surface area (Å²) in [6.07, 6.45) is 0. The van der Waals surface area contributed by atoms with Crippen molar-refractivity contribution in [1.29, 1.82) is 0 Å². The van der Waals surface area contributed by atoms with Gasteiger partial charge in [-0.05, 0) is 81.3 Å². The van der Waals surface area contributed by atoms with Gasteiger partial charge in [0.15, 0.2) is 0 Å². The molecule has 0 heterocycles. The van der Waals surface area contributed by atoms with Gasteiger partial charge in [0.2, 0.25) is 0 Å². The van der Waals surface area contributed by atoms with Gasteiger partial charge in [0, 0.05) is 24.2 Å². The number of benzene rings is 2. The summed E-state index contributed by atoms with van der Waals surface area (Å²) in [7, 11) is 0. The summed E-state index contributed by atoms with van der Waals surface area (Å²) in [6.45, 7) is 2.16. The van der Waals surface area contributed by atoms with Crippen molar-refractivity contribution >= 4 is 60.1 Å². The first-order valence-corrected chi connectivity index (χ1v) is 8.20. The summed E-state index contributed by atoms with van der Waals surface area (Å²) in [5.41, 5.74) is 2.38. The van der Waals surface area contributed by atoms with Gasteiger partial charge < -0.3 is 5.32 Å². The topological polar surface area (TPSA) is 12.0 Å². The zero-order chi connectivity index (χ0) is 13.1. The lowest BCUT2D eigenvalue weighted by molar-refractivity contribution is 0.883. The van der Waals surface area contributed by atoms with E-state index in [0.717, 1.165) is 14.6 Å². The molecule has 1 unspecified atom stereocenters. The molecule has 2 rings (SSSR count). The van der Waals surface area contributed by atoms with Gasteiger partial charge in [-0.2, -0.15) is 0 Å². The Kier molecular flexibility index (Phi) is 5.09. The Hall–Kier alpha value is -0.0700. The minimum Gasteiger partial charge on any atom is -0.378 e. The second-order valence-electron chi connectivity index (χ2n) is 4.05. The van der Waals surface area contributed by atoms with E-state index in [1.165, 1.54) is 9.13 Å². The van der Waals surface area contributed by atoms with Crippen LogP contribution in [0.15, 0.2) is 51.4 Å². The molecule has 18 heavy (non-hydrogen) atoms. The largest absolute Gasteiger partial charge is 0.378 e. The molecule has 0 aromatic heterocycles. The number of hydrogen-bond donors (Lipinski definition) is 1. The van der Waals surface area contributed by atoms with E-state index in [2.05, 4.69) is 103 Å². The number of rotatable bonds is 3. The van der Waals surface area contributed by atoms with Crippen LogP contribution in [0.1, 0.15) is 18.5 Å². The van der Waals surface area contributed by atoms with Crippen molar-refractivity contribution in [1.82, 2.24) is 0 Å². The Morgan fingerprint density at radius 2 is 1.89 bits per heavy atom. The smallest absolute Gasteiger partial charge is 0.0486 e. The van der Waals surface area contributed by atoms with E-state index in [1.54, 1.807) is 0 Å². The number of halogens is 3.